The van der Waals surface area contributed by atoms with Crippen molar-refractivity contribution in [1.29, 1.82) is 0 Å². The van der Waals surface area contributed by atoms with E-state index in [1.165, 1.54) is 0 Å². The van der Waals surface area contributed by atoms with Crippen LogP contribution in [0.15, 0.2) is 27.8 Å². The van der Waals surface area contributed by atoms with Crippen LogP contribution in [0.3, 0.4) is 0 Å². The van der Waals surface area contributed by atoms with Gasteiger partial charge in [0.15, 0.2) is 5.96 Å². The van der Waals surface area contributed by atoms with Crippen LogP contribution in [0.1, 0.15) is 26.0 Å². The maximum atomic E-state index is 12.5. The molecule has 1 N–H and O–H groups in total. The Morgan fingerprint density at radius 2 is 1.93 bits per heavy atom. The minimum Gasteiger partial charge on any atom is -0.469 e. The van der Waals surface area contributed by atoms with Gasteiger partial charge in [-0.25, -0.2) is 0 Å². The summed E-state index contributed by atoms with van der Waals surface area (Å²) in [5.74, 6) is 2.14. The smallest absolute Gasteiger partial charge is 0.236 e. The third kappa shape index (κ3) is 6.75. The standard InChI is InChI=1S/C21H35N5O3/c1-3-18(2)23-21(22-7-6-19-5-4-14-29-19)26-10-8-24(9-11-26)17-20(27)25-12-15-28-16-13-25/h4-5,14,18H,3,6-13,15-17H2,1-2H3,(H,22,23). The molecule has 29 heavy (non-hydrogen) atoms. The van der Waals surface area contributed by atoms with Gasteiger partial charge in [0.1, 0.15) is 5.76 Å². The van der Waals surface area contributed by atoms with Crippen molar-refractivity contribution in [3.05, 3.63) is 24.2 Å². The van der Waals surface area contributed by atoms with Crippen LogP contribution in [0.5, 0.6) is 0 Å². The number of carbonyl (C=O) groups is 1. The van der Waals surface area contributed by atoms with Crippen LogP contribution in [0.2, 0.25) is 0 Å². The summed E-state index contributed by atoms with van der Waals surface area (Å²) >= 11 is 0. The molecule has 0 bridgehead atoms. The Morgan fingerprint density at radius 1 is 1.17 bits per heavy atom. The van der Waals surface area contributed by atoms with Gasteiger partial charge >= 0.3 is 0 Å². The zero-order valence-electron chi connectivity index (χ0n) is 17.8. The summed E-state index contributed by atoms with van der Waals surface area (Å²) in [6.45, 7) is 11.8. The number of hydrogen-bond acceptors (Lipinski definition) is 5. The normalized spacial score (nSPS) is 20.0. The van der Waals surface area contributed by atoms with E-state index in [1.807, 2.05) is 17.0 Å². The summed E-state index contributed by atoms with van der Waals surface area (Å²) in [6, 6.07) is 4.27. The number of ether oxygens (including phenoxy) is 1. The number of amides is 1. The average Bonchev–Trinajstić information content (AvgIpc) is 3.27. The van der Waals surface area contributed by atoms with Crippen LogP contribution in [-0.2, 0) is 16.0 Å². The fourth-order valence-electron chi connectivity index (χ4n) is 3.51. The van der Waals surface area contributed by atoms with Crippen LogP contribution in [0.25, 0.3) is 0 Å². The Bertz CT molecular complexity index is 635. The second-order valence-electron chi connectivity index (χ2n) is 7.74. The number of nitrogens with zero attached hydrogens (tertiary/aromatic N) is 4. The van der Waals surface area contributed by atoms with E-state index in [2.05, 4.69) is 29.0 Å². The summed E-state index contributed by atoms with van der Waals surface area (Å²) in [5.41, 5.74) is 0. The van der Waals surface area contributed by atoms with Crippen molar-refractivity contribution in [2.45, 2.75) is 32.7 Å². The summed E-state index contributed by atoms with van der Waals surface area (Å²) in [6.07, 6.45) is 3.55. The number of carbonyl (C=O) groups excluding carboxylic acids is 1. The van der Waals surface area contributed by atoms with Crippen LogP contribution in [0, 0.1) is 0 Å². The molecule has 3 heterocycles. The zero-order valence-corrected chi connectivity index (χ0v) is 17.8. The van der Waals surface area contributed by atoms with Gasteiger partial charge in [0.05, 0.1) is 26.0 Å². The van der Waals surface area contributed by atoms with E-state index < -0.39 is 0 Å². The highest BCUT2D eigenvalue weighted by Gasteiger charge is 2.24. The first kappa shape index (κ1) is 21.6. The van der Waals surface area contributed by atoms with Crippen LogP contribution in [0.4, 0.5) is 0 Å². The van der Waals surface area contributed by atoms with E-state index >= 15 is 0 Å². The van der Waals surface area contributed by atoms with Gasteiger partial charge in [-0.05, 0) is 25.5 Å². The summed E-state index contributed by atoms with van der Waals surface area (Å²) in [5, 5.41) is 3.56. The molecule has 8 nitrogen and oxygen atoms in total. The highest BCUT2D eigenvalue weighted by molar-refractivity contribution is 5.80. The molecule has 1 aromatic rings. The molecule has 1 unspecified atom stereocenters. The van der Waals surface area contributed by atoms with Crippen molar-refractivity contribution < 1.29 is 13.9 Å². The van der Waals surface area contributed by atoms with Crippen molar-refractivity contribution >= 4 is 11.9 Å². The first-order valence-corrected chi connectivity index (χ1v) is 10.8. The summed E-state index contributed by atoms with van der Waals surface area (Å²) in [4.78, 5) is 23.8. The van der Waals surface area contributed by atoms with Gasteiger partial charge in [-0.1, -0.05) is 6.92 Å². The third-order valence-corrected chi connectivity index (χ3v) is 5.58. The van der Waals surface area contributed by atoms with Gasteiger partial charge in [-0.2, -0.15) is 0 Å². The Labute approximate surface area is 173 Å². The fraction of sp³-hybridized carbons (Fsp3) is 0.714. The topological polar surface area (TPSA) is 73.6 Å². The molecule has 1 aromatic heterocycles. The number of piperazine rings is 1. The number of rotatable bonds is 7. The molecule has 0 aliphatic carbocycles. The molecule has 2 fully saturated rings. The van der Waals surface area contributed by atoms with Crippen LogP contribution in [-0.4, -0.2) is 98.2 Å². The van der Waals surface area contributed by atoms with E-state index in [0.29, 0.717) is 45.4 Å². The molecule has 162 valence electrons. The lowest BCUT2D eigenvalue weighted by Gasteiger charge is -2.38. The second kappa shape index (κ2) is 11.2. The molecule has 2 aliphatic rings. The summed E-state index contributed by atoms with van der Waals surface area (Å²) in [7, 11) is 0. The third-order valence-electron chi connectivity index (χ3n) is 5.58. The van der Waals surface area contributed by atoms with E-state index in [9.17, 15) is 4.79 Å². The Kier molecular flexibility index (Phi) is 8.37. The molecule has 0 aromatic carbocycles. The molecule has 3 rings (SSSR count). The molecule has 0 saturated carbocycles. The predicted molar refractivity (Wildman–Crippen MR) is 113 cm³/mol. The molecule has 2 saturated heterocycles. The Morgan fingerprint density at radius 3 is 2.59 bits per heavy atom. The predicted octanol–water partition coefficient (Wildman–Crippen LogP) is 1.04. The largest absolute Gasteiger partial charge is 0.469 e. The van der Waals surface area contributed by atoms with Crippen molar-refractivity contribution in [2.75, 3.05) is 65.6 Å². The van der Waals surface area contributed by atoms with Gasteiger partial charge < -0.3 is 24.3 Å². The number of morpholine rings is 1. The highest BCUT2D eigenvalue weighted by atomic mass is 16.5. The van der Waals surface area contributed by atoms with Gasteiger partial charge in [0.25, 0.3) is 0 Å². The second-order valence-corrected chi connectivity index (χ2v) is 7.74. The number of nitrogens with one attached hydrogen (secondary N) is 1. The number of furan rings is 1. The zero-order chi connectivity index (χ0) is 20.5. The molecular formula is C21H35N5O3. The summed E-state index contributed by atoms with van der Waals surface area (Å²) < 4.78 is 10.7. The molecule has 1 amide bonds. The van der Waals surface area contributed by atoms with Crippen molar-refractivity contribution in [1.82, 2.24) is 20.0 Å². The number of aliphatic imine (C=N–C) groups is 1. The van der Waals surface area contributed by atoms with Crippen molar-refractivity contribution in [3.63, 3.8) is 0 Å². The van der Waals surface area contributed by atoms with Crippen LogP contribution < -0.4 is 5.32 Å². The van der Waals surface area contributed by atoms with Crippen molar-refractivity contribution in [3.8, 4) is 0 Å². The molecule has 0 radical (unpaired) electrons. The lowest BCUT2D eigenvalue weighted by atomic mass is 10.2. The first-order chi connectivity index (χ1) is 14.2. The number of guanidine groups is 1. The minimum absolute atomic E-state index is 0.215. The lowest BCUT2D eigenvalue weighted by Crippen LogP contribution is -2.55. The van der Waals surface area contributed by atoms with Gasteiger partial charge in [0.2, 0.25) is 5.91 Å². The van der Waals surface area contributed by atoms with Gasteiger partial charge in [-0.15, -0.1) is 0 Å². The van der Waals surface area contributed by atoms with E-state index in [0.717, 1.165) is 50.7 Å². The first-order valence-electron chi connectivity index (χ1n) is 10.8. The number of hydrogen-bond donors (Lipinski definition) is 1. The Hall–Kier alpha value is -2.06. The quantitative estimate of drug-likeness (QED) is 0.540. The maximum absolute atomic E-state index is 12.5. The average molecular weight is 406 g/mol. The van der Waals surface area contributed by atoms with Gasteiger partial charge in [-0.3, -0.25) is 14.7 Å². The highest BCUT2D eigenvalue weighted by Crippen LogP contribution is 2.07. The minimum atomic E-state index is 0.215. The monoisotopic (exact) mass is 405 g/mol. The fourth-order valence-corrected chi connectivity index (χ4v) is 3.51. The molecule has 1 atom stereocenters. The molecule has 0 spiro atoms. The molecule has 2 aliphatic heterocycles. The van der Waals surface area contributed by atoms with E-state index in [1.54, 1.807) is 6.26 Å². The Balaban J connectivity index is 1.49. The van der Waals surface area contributed by atoms with Crippen LogP contribution >= 0.6 is 0 Å². The lowest BCUT2D eigenvalue weighted by molar-refractivity contribution is -0.136. The van der Waals surface area contributed by atoms with Crippen molar-refractivity contribution in [2.24, 2.45) is 4.99 Å². The SMILES string of the molecule is CCC(C)NC(=NCCc1ccco1)N1CCN(CC(=O)N2CCOCC2)CC1. The molecular weight excluding hydrogens is 370 g/mol. The van der Waals surface area contributed by atoms with E-state index in [4.69, 9.17) is 14.1 Å². The van der Waals surface area contributed by atoms with Gasteiger partial charge in [0, 0.05) is 58.3 Å². The maximum Gasteiger partial charge on any atom is 0.236 e. The molecule has 8 heteroatoms. The van der Waals surface area contributed by atoms with E-state index in [-0.39, 0.29) is 5.91 Å².